The summed E-state index contributed by atoms with van der Waals surface area (Å²) in [6, 6.07) is 17.8. The summed E-state index contributed by atoms with van der Waals surface area (Å²) in [6.07, 6.45) is 3.61. The van der Waals surface area contributed by atoms with Crippen molar-refractivity contribution in [3.05, 3.63) is 72.6 Å². The van der Waals surface area contributed by atoms with E-state index in [4.69, 9.17) is 4.98 Å². The van der Waals surface area contributed by atoms with Gasteiger partial charge >= 0.3 is 0 Å². The molecular formula is C22H19N3O. The number of carbonyl (C=O) groups excluding carboxylic acids is 1. The number of hydrogen-bond donors (Lipinski definition) is 1. The van der Waals surface area contributed by atoms with Crippen molar-refractivity contribution in [3.63, 3.8) is 0 Å². The average molecular weight is 341 g/mol. The molecule has 0 aliphatic carbocycles. The zero-order valence-corrected chi connectivity index (χ0v) is 14.7. The molecule has 0 aliphatic heterocycles. The summed E-state index contributed by atoms with van der Waals surface area (Å²) in [7, 11) is 0. The van der Waals surface area contributed by atoms with Gasteiger partial charge in [-0.2, -0.15) is 0 Å². The molecule has 128 valence electrons. The van der Waals surface area contributed by atoms with Gasteiger partial charge in [0.05, 0.1) is 11.2 Å². The molecule has 4 nitrogen and oxygen atoms in total. The smallest absolute Gasteiger partial charge is 0.251 e. The molecule has 0 bridgehead atoms. The van der Waals surface area contributed by atoms with Crippen LogP contribution in [-0.2, 0) is 0 Å². The molecule has 1 amide bonds. The molecule has 2 aromatic heterocycles. The van der Waals surface area contributed by atoms with Crippen LogP contribution in [0.2, 0.25) is 0 Å². The number of amides is 1. The maximum absolute atomic E-state index is 12.2. The fourth-order valence-electron chi connectivity index (χ4n) is 3.14. The van der Waals surface area contributed by atoms with E-state index in [9.17, 15) is 4.79 Å². The maximum Gasteiger partial charge on any atom is 0.251 e. The summed E-state index contributed by atoms with van der Waals surface area (Å²) < 4.78 is 0. The summed E-state index contributed by atoms with van der Waals surface area (Å²) in [5.41, 5.74) is 3.46. The van der Waals surface area contributed by atoms with Crippen LogP contribution in [0.1, 0.15) is 24.2 Å². The molecule has 26 heavy (non-hydrogen) atoms. The Morgan fingerprint density at radius 1 is 0.923 bits per heavy atom. The summed E-state index contributed by atoms with van der Waals surface area (Å²) >= 11 is 0. The van der Waals surface area contributed by atoms with E-state index in [-0.39, 0.29) is 11.9 Å². The van der Waals surface area contributed by atoms with Crippen molar-refractivity contribution in [2.24, 2.45) is 0 Å². The van der Waals surface area contributed by atoms with E-state index in [0.717, 1.165) is 32.9 Å². The predicted molar refractivity (Wildman–Crippen MR) is 105 cm³/mol. The first-order valence-electron chi connectivity index (χ1n) is 8.67. The number of fused-ring (bicyclic) bond motifs is 3. The van der Waals surface area contributed by atoms with Crippen LogP contribution in [0.25, 0.3) is 32.9 Å². The normalized spacial score (nSPS) is 11.2. The van der Waals surface area contributed by atoms with E-state index in [2.05, 4.69) is 22.4 Å². The topological polar surface area (TPSA) is 54.9 Å². The Morgan fingerprint density at radius 2 is 1.65 bits per heavy atom. The molecule has 0 atom stereocenters. The largest absolute Gasteiger partial charge is 0.350 e. The van der Waals surface area contributed by atoms with Gasteiger partial charge in [-0.15, -0.1) is 0 Å². The first kappa shape index (κ1) is 16.2. The number of aromatic nitrogens is 2. The van der Waals surface area contributed by atoms with Crippen molar-refractivity contribution in [2.75, 3.05) is 0 Å². The second-order valence-electron chi connectivity index (χ2n) is 6.60. The van der Waals surface area contributed by atoms with Gasteiger partial charge in [0.15, 0.2) is 0 Å². The Balaban J connectivity index is 1.84. The molecule has 0 fully saturated rings. The van der Waals surface area contributed by atoms with Gasteiger partial charge in [0, 0.05) is 40.3 Å². The third kappa shape index (κ3) is 2.90. The van der Waals surface area contributed by atoms with Crippen molar-refractivity contribution in [1.82, 2.24) is 15.3 Å². The zero-order chi connectivity index (χ0) is 18.1. The Bertz CT molecular complexity index is 1100. The minimum absolute atomic E-state index is 0.0612. The number of hydrogen-bond acceptors (Lipinski definition) is 3. The van der Waals surface area contributed by atoms with Crippen LogP contribution >= 0.6 is 0 Å². The quantitative estimate of drug-likeness (QED) is 0.555. The lowest BCUT2D eigenvalue weighted by Crippen LogP contribution is -2.29. The van der Waals surface area contributed by atoms with Crippen LogP contribution in [0.5, 0.6) is 0 Å². The second-order valence-corrected chi connectivity index (χ2v) is 6.60. The highest BCUT2D eigenvalue weighted by molar-refractivity contribution is 6.10. The van der Waals surface area contributed by atoms with E-state index in [1.54, 1.807) is 6.20 Å². The van der Waals surface area contributed by atoms with Gasteiger partial charge in [-0.1, -0.05) is 36.4 Å². The highest BCUT2D eigenvalue weighted by Crippen LogP contribution is 2.31. The van der Waals surface area contributed by atoms with E-state index >= 15 is 0 Å². The number of benzene rings is 2. The molecule has 0 radical (unpaired) electrons. The van der Waals surface area contributed by atoms with Gasteiger partial charge in [0.25, 0.3) is 5.91 Å². The lowest BCUT2D eigenvalue weighted by molar-refractivity contribution is 0.0943. The molecule has 2 aromatic carbocycles. The molecule has 0 spiro atoms. The minimum Gasteiger partial charge on any atom is -0.350 e. The van der Waals surface area contributed by atoms with Crippen molar-refractivity contribution in [2.45, 2.75) is 19.9 Å². The van der Waals surface area contributed by atoms with Crippen molar-refractivity contribution < 1.29 is 4.79 Å². The van der Waals surface area contributed by atoms with Crippen LogP contribution in [-0.4, -0.2) is 21.9 Å². The highest BCUT2D eigenvalue weighted by atomic mass is 16.1. The van der Waals surface area contributed by atoms with Crippen LogP contribution in [0.3, 0.4) is 0 Å². The monoisotopic (exact) mass is 341 g/mol. The van der Waals surface area contributed by atoms with Crippen molar-refractivity contribution in [3.8, 4) is 11.3 Å². The standard InChI is InChI=1S/C22H19N3O/c1-14(2)24-22(26)16-9-7-15(8-10-16)21-18-6-4-3-5-17(18)19-13-23-12-11-20(19)25-21/h3-14H,1-2H3,(H,24,26). The van der Waals surface area contributed by atoms with Gasteiger partial charge in [0.1, 0.15) is 0 Å². The maximum atomic E-state index is 12.2. The van der Waals surface area contributed by atoms with Crippen LogP contribution < -0.4 is 5.32 Å². The number of pyridine rings is 2. The van der Waals surface area contributed by atoms with E-state index in [0.29, 0.717) is 5.56 Å². The molecule has 0 saturated carbocycles. The number of nitrogens with zero attached hydrogens (tertiary/aromatic N) is 2. The predicted octanol–water partition coefficient (Wildman–Crippen LogP) is 4.59. The third-order valence-corrected chi connectivity index (χ3v) is 4.34. The average Bonchev–Trinajstić information content (AvgIpc) is 2.67. The van der Waals surface area contributed by atoms with E-state index < -0.39 is 0 Å². The summed E-state index contributed by atoms with van der Waals surface area (Å²) in [4.78, 5) is 21.2. The summed E-state index contributed by atoms with van der Waals surface area (Å²) in [5.74, 6) is -0.0612. The first-order chi connectivity index (χ1) is 12.6. The Morgan fingerprint density at radius 3 is 2.38 bits per heavy atom. The molecule has 0 aliphatic rings. The second kappa shape index (κ2) is 6.56. The molecule has 0 unspecified atom stereocenters. The van der Waals surface area contributed by atoms with Gasteiger partial charge in [0.2, 0.25) is 0 Å². The summed E-state index contributed by atoms with van der Waals surface area (Å²) in [5, 5.41) is 6.16. The third-order valence-electron chi connectivity index (χ3n) is 4.34. The molecule has 2 heterocycles. The number of carbonyl (C=O) groups is 1. The SMILES string of the molecule is CC(C)NC(=O)c1ccc(-c2nc3ccncc3c3ccccc23)cc1. The van der Waals surface area contributed by atoms with Crippen LogP contribution in [0.15, 0.2) is 67.0 Å². The fraction of sp³-hybridized carbons (Fsp3) is 0.136. The molecule has 4 rings (SSSR count). The fourth-order valence-corrected chi connectivity index (χ4v) is 3.14. The lowest BCUT2D eigenvalue weighted by atomic mass is 10.00. The van der Waals surface area contributed by atoms with Crippen LogP contribution in [0, 0.1) is 0 Å². The van der Waals surface area contributed by atoms with Crippen molar-refractivity contribution >= 4 is 27.6 Å². The number of rotatable bonds is 3. The lowest BCUT2D eigenvalue weighted by Gasteiger charge is -2.11. The Hall–Kier alpha value is -3.27. The first-order valence-corrected chi connectivity index (χ1v) is 8.67. The van der Waals surface area contributed by atoms with Gasteiger partial charge in [-0.05, 0) is 37.4 Å². The van der Waals surface area contributed by atoms with E-state index in [1.165, 1.54) is 0 Å². The minimum atomic E-state index is -0.0612. The molecular weight excluding hydrogens is 322 g/mol. The molecule has 1 N–H and O–H groups in total. The van der Waals surface area contributed by atoms with Gasteiger partial charge in [-0.25, -0.2) is 4.98 Å². The van der Waals surface area contributed by atoms with Crippen molar-refractivity contribution in [1.29, 1.82) is 0 Å². The Labute approximate surface area is 151 Å². The van der Waals surface area contributed by atoms with Gasteiger partial charge in [-0.3, -0.25) is 9.78 Å². The molecule has 4 aromatic rings. The van der Waals surface area contributed by atoms with Gasteiger partial charge < -0.3 is 5.32 Å². The summed E-state index contributed by atoms with van der Waals surface area (Å²) in [6.45, 7) is 3.90. The highest BCUT2D eigenvalue weighted by Gasteiger charge is 2.11. The molecule has 0 saturated heterocycles. The molecule has 4 heteroatoms. The van der Waals surface area contributed by atoms with E-state index in [1.807, 2.05) is 62.5 Å². The number of nitrogens with one attached hydrogen (secondary N) is 1. The van der Waals surface area contributed by atoms with Crippen LogP contribution in [0.4, 0.5) is 0 Å². The Kier molecular flexibility index (Phi) is 4.09. The zero-order valence-electron chi connectivity index (χ0n) is 14.7.